The summed E-state index contributed by atoms with van der Waals surface area (Å²) in [6, 6.07) is 3.96. The molecule has 0 radical (unpaired) electrons. The van der Waals surface area contributed by atoms with E-state index in [1.807, 2.05) is 19.2 Å². The summed E-state index contributed by atoms with van der Waals surface area (Å²) in [5.74, 6) is 1.55. The van der Waals surface area contributed by atoms with Crippen LogP contribution in [0.3, 0.4) is 0 Å². The molecule has 0 saturated heterocycles. The van der Waals surface area contributed by atoms with Crippen molar-refractivity contribution < 1.29 is 4.79 Å². The fourth-order valence-electron chi connectivity index (χ4n) is 3.05. The standard InChI is InChI=1S/C15H21BrN2O/c1-5-10(6-2)9-15(3)11-7-8-12(16)17-13(11)18(4)14(15)19/h7-8,10H,5-6,9H2,1-4H3/t15-/m1/s1. The molecule has 19 heavy (non-hydrogen) atoms. The topological polar surface area (TPSA) is 33.2 Å². The fourth-order valence-corrected chi connectivity index (χ4v) is 3.35. The molecule has 4 heteroatoms. The van der Waals surface area contributed by atoms with Gasteiger partial charge in [0, 0.05) is 12.6 Å². The smallest absolute Gasteiger partial charge is 0.238 e. The van der Waals surface area contributed by atoms with E-state index >= 15 is 0 Å². The normalized spacial score (nSPS) is 22.2. The summed E-state index contributed by atoms with van der Waals surface area (Å²) < 4.78 is 0.776. The minimum atomic E-state index is -0.422. The van der Waals surface area contributed by atoms with E-state index in [4.69, 9.17) is 0 Å². The van der Waals surface area contributed by atoms with Crippen molar-refractivity contribution in [1.29, 1.82) is 0 Å². The number of rotatable bonds is 4. The Labute approximate surface area is 123 Å². The molecule has 104 valence electrons. The van der Waals surface area contributed by atoms with Crippen LogP contribution in [0.2, 0.25) is 0 Å². The van der Waals surface area contributed by atoms with Crippen molar-refractivity contribution in [2.24, 2.45) is 5.92 Å². The highest BCUT2D eigenvalue weighted by Crippen LogP contribution is 2.44. The molecule has 2 rings (SSSR count). The number of fused-ring (bicyclic) bond motifs is 1. The molecule has 1 aromatic heterocycles. The quantitative estimate of drug-likeness (QED) is 0.787. The first-order chi connectivity index (χ1) is 8.93. The Kier molecular flexibility index (Phi) is 4.00. The van der Waals surface area contributed by atoms with E-state index in [1.165, 1.54) is 0 Å². The molecule has 2 heterocycles. The number of amides is 1. The summed E-state index contributed by atoms with van der Waals surface area (Å²) in [7, 11) is 1.82. The van der Waals surface area contributed by atoms with Crippen LogP contribution in [0.5, 0.6) is 0 Å². The molecule has 0 bridgehead atoms. The van der Waals surface area contributed by atoms with Crippen molar-refractivity contribution in [3.63, 3.8) is 0 Å². The van der Waals surface area contributed by atoms with Gasteiger partial charge in [0.2, 0.25) is 5.91 Å². The van der Waals surface area contributed by atoms with Crippen LogP contribution in [0, 0.1) is 5.92 Å². The monoisotopic (exact) mass is 324 g/mol. The summed E-state index contributed by atoms with van der Waals surface area (Å²) >= 11 is 3.38. The van der Waals surface area contributed by atoms with Crippen LogP contribution in [0.4, 0.5) is 5.82 Å². The van der Waals surface area contributed by atoms with Crippen LogP contribution < -0.4 is 4.90 Å². The van der Waals surface area contributed by atoms with Crippen molar-refractivity contribution in [1.82, 2.24) is 4.98 Å². The first-order valence-electron chi connectivity index (χ1n) is 6.89. The van der Waals surface area contributed by atoms with Gasteiger partial charge in [0.15, 0.2) is 0 Å². The molecule has 0 saturated carbocycles. The fraction of sp³-hybridized carbons (Fsp3) is 0.600. The van der Waals surface area contributed by atoms with Crippen LogP contribution in [-0.2, 0) is 10.2 Å². The predicted octanol–water partition coefficient (Wildman–Crippen LogP) is 3.90. The second-order valence-electron chi connectivity index (χ2n) is 5.59. The molecule has 3 nitrogen and oxygen atoms in total. The van der Waals surface area contributed by atoms with Gasteiger partial charge < -0.3 is 0 Å². The van der Waals surface area contributed by atoms with E-state index in [1.54, 1.807) is 4.90 Å². The lowest BCUT2D eigenvalue weighted by atomic mass is 9.75. The molecule has 0 aliphatic carbocycles. The van der Waals surface area contributed by atoms with Crippen LogP contribution in [0.1, 0.15) is 45.6 Å². The summed E-state index contributed by atoms with van der Waals surface area (Å²) in [6.45, 7) is 6.45. The molecule has 0 unspecified atom stereocenters. The van der Waals surface area contributed by atoms with Gasteiger partial charge >= 0.3 is 0 Å². The van der Waals surface area contributed by atoms with Gasteiger partial charge in [-0.1, -0.05) is 32.8 Å². The molecule has 0 aromatic carbocycles. The second kappa shape index (κ2) is 5.23. The minimum absolute atomic E-state index is 0.167. The number of anilines is 1. The molecule has 0 spiro atoms. The Morgan fingerprint density at radius 3 is 2.58 bits per heavy atom. The number of likely N-dealkylation sites (N-methyl/N-ethyl adjacent to an activating group) is 1. The van der Waals surface area contributed by atoms with Gasteiger partial charge in [-0.25, -0.2) is 4.98 Å². The third-order valence-corrected chi connectivity index (χ3v) is 4.82. The molecule has 1 aliphatic heterocycles. The highest BCUT2D eigenvalue weighted by molar-refractivity contribution is 9.10. The second-order valence-corrected chi connectivity index (χ2v) is 6.40. The van der Waals surface area contributed by atoms with Crippen LogP contribution in [0.15, 0.2) is 16.7 Å². The van der Waals surface area contributed by atoms with E-state index in [0.29, 0.717) is 5.92 Å². The summed E-state index contributed by atoms with van der Waals surface area (Å²) in [6.07, 6.45) is 3.13. The van der Waals surface area contributed by atoms with E-state index in [2.05, 4.69) is 41.7 Å². The number of pyridine rings is 1. The third kappa shape index (κ3) is 2.31. The van der Waals surface area contributed by atoms with Gasteiger partial charge in [0.25, 0.3) is 0 Å². The SMILES string of the molecule is CCC(CC)C[C@@]1(C)C(=O)N(C)c2nc(Br)ccc21. The maximum Gasteiger partial charge on any atom is 0.238 e. The third-order valence-electron chi connectivity index (χ3n) is 4.38. The zero-order valence-corrected chi connectivity index (χ0v) is 13.6. The van der Waals surface area contributed by atoms with Crippen LogP contribution in [0.25, 0.3) is 0 Å². The van der Waals surface area contributed by atoms with Gasteiger partial charge in [-0.15, -0.1) is 0 Å². The Bertz CT molecular complexity index is 499. The van der Waals surface area contributed by atoms with E-state index in [-0.39, 0.29) is 5.91 Å². The number of halogens is 1. The largest absolute Gasteiger partial charge is 0.299 e. The van der Waals surface area contributed by atoms with Crippen molar-refractivity contribution in [2.75, 3.05) is 11.9 Å². The van der Waals surface area contributed by atoms with Gasteiger partial charge in [0.05, 0.1) is 5.41 Å². The van der Waals surface area contributed by atoms with E-state index in [9.17, 15) is 4.79 Å². The minimum Gasteiger partial charge on any atom is -0.299 e. The number of hydrogen-bond acceptors (Lipinski definition) is 2. The average Bonchev–Trinajstić information content (AvgIpc) is 2.58. The first-order valence-corrected chi connectivity index (χ1v) is 7.68. The maximum absolute atomic E-state index is 12.6. The van der Waals surface area contributed by atoms with Crippen LogP contribution in [-0.4, -0.2) is 17.9 Å². The van der Waals surface area contributed by atoms with Gasteiger partial charge in [-0.3, -0.25) is 9.69 Å². The zero-order chi connectivity index (χ0) is 14.2. The molecular weight excluding hydrogens is 304 g/mol. The Morgan fingerprint density at radius 1 is 1.37 bits per heavy atom. The maximum atomic E-state index is 12.6. The van der Waals surface area contributed by atoms with E-state index in [0.717, 1.165) is 35.2 Å². The number of hydrogen-bond donors (Lipinski definition) is 0. The summed E-state index contributed by atoms with van der Waals surface area (Å²) in [5, 5.41) is 0. The van der Waals surface area contributed by atoms with Crippen molar-refractivity contribution >= 4 is 27.7 Å². The number of aromatic nitrogens is 1. The van der Waals surface area contributed by atoms with Gasteiger partial charge in [0.1, 0.15) is 10.4 Å². The van der Waals surface area contributed by atoms with E-state index < -0.39 is 5.41 Å². The molecule has 0 N–H and O–H groups in total. The van der Waals surface area contributed by atoms with Crippen molar-refractivity contribution in [3.8, 4) is 0 Å². The number of nitrogens with zero attached hydrogens (tertiary/aromatic N) is 2. The molecular formula is C15H21BrN2O. The average molecular weight is 325 g/mol. The lowest BCUT2D eigenvalue weighted by Crippen LogP contribution is -2.37. The zero-order valence-electron chi connectivity index (χ0n) is 12.0. The highest BCUT2D eigenvalue weighted by Gasteiger charge is 2.47. The molecule has 0 fully saturated rings. The van der Waals surface area contributed by atoms with Crippen molar-refractivity contribution in [3.05, 3.63) is 22.3 Å². The number of carbonyl (C=O) groups is 1. The van der Waals surface area contributed by atoms with Crippen LogP contribution >= 0.6 is 15.9 Å². The Morgan fingerprint density at radius 2 is 2.00 bits per heavy atom. The van der Waals surface area contributed by atoms with Gasteiger partial charge in [-0.2, -0.15) is 0 Å². The lowest BCUT2D eigenvalue weighted by molar-refractivity contribution is -0.123. The molecule has 1 amide bonds. The predicted molar refractivity (Wildman–Crippen MR) is 81.4 cm³/mol. The van der Waals surface area contributed by atoms with Gasteiger partial charge in [-0.05, 0) is 41.3 Å². The Balaban J connectivity index is 2.44. The number of carbonyl (C=O) groups excluding carboxylic acids is 1. The summed E-state index contributed by atoms with van der Waals surface area (Å²) in [5.41, 5.74) is 0.643. The molecule has 1 atom stereocenters. The molecule has 1 aliphatic rings. The highest BCUT2D eigenvalue weighted by atomic mass is 79.9. The first kappa shape index (κ1) is 14.5. The lowest BCUT2D eigenvalue weighted by Gasteiger charge is -2.27. The molecule has 1 aromatic rings. The summed E-state index contributed by atoms with van der Waals surface area (Å²) in [4.78, 5) is 18.8. The Hall–Kier alpha value is -0.900. The van der Waals surface area contributed by atoms with Crippen molar-refractivity contribution in [2.45, 2.75) is 45.4 Å².